The van der Waals surface area contributed by atoms with E-state index in [1.807, 2.05) is 26.1 Å². The third-order valence-corrected chi connectivity index (χ3v) is 4.13. The van der Waals surface area contributed by atoms with Crippen molar-refractivity contribution in [1.82, 2.24) is 0 Å². The van der Waals surface area contributed by atoms with Crippen LogP contribution in [-0.4, -0.2) is 43.8 Å². The average molecular weight is 387 g/mol. The summed E-state index contributed by atoms with van der Waals surface area (Å²) in [7, 11) is 2.05. The van der Waals surface area contributed by atoms with E-state index in [2.05, 4.69) is 37.1 Å². The monoisotopic (exact) mass is 386 g/mol. The molecule has 0 radical (unpaired) electrons. The molecule has 5 heteroatoms. The molecule has 0 heterocycles. The number of hydrogen-bond acceptors (Lipinski definition) is 4. The third kappa shape index (κ3) is 7.53. The highest BCUT2D eigenvalue weighted by Gasteiger charge is 2.10. The van der Waals surface area contributed by atoms with Crippen molar-refractivity contribution in [2.24, 2.45) is 4.99 Å². The molecule has 0 fully saturated rings. The highest BCUT2D eigenvalue weighted by molar-refractivity contribution is 5.99. The predicted molar refractivity (Wildman–Crippen MR) is 117 cm³/mol. The summed E-state index contributed by atoms with van der Waals surface area (Å²) in [6, 6.07) is 8.20. The van der Waals surface area contributed by atoms with E-state index < -0.39 is 19.4 Å². The van der Waals surface area contributed by atoms with Gasteiger partial charge in [-0.15, -0.1) is 6.58 Å². The SMILES string of the molecule is C=C/C=C(\C=C(/CC=C)N=C(C)c1ccc(N(C)CC)cc1)OC(CO)CF. The number of aliphatic hydroxyl groups excluding tert-OH is 1. The van der Waals surface area contributed by atoms with E-state index in [1.54, 1.807) is 24.3 Å². The molecule has 1 atom stereocenters. The van der Waals surface area contributed by atoms with Crippen molar-refractivity contribution in [3.63, 3.8) is 0 Å². The van der Waals surface area contributed by atoms with Gasteiger partial charge in [0.25, 0.3) is 0 Å². The van der Waals surface area contributed by atoms with Gasteiger partial charge in [0.05, 0.1) is 6.61 Å². The van der Waals surface area contributed by atoms with Crippen LogP contribution in [0.5, 0.6) is 0 Å². The van der Waals surface area contributed by atoms with Crippen LogP contribution < -0.4 is 4.90 Å². The highest BCUT2D eigenvalue weighted by atomic mass is 19.1. The lowest BCUT2D eigenvalue weighted by Gasteiger charge is -2.17. The Labute approximate surface area is 168 Å². The van der Waals surface area contributed by atoms with Crippen molar-refractivity contribution in [2.45, 2.75) is 26.4 Å². The van der Waals surface area contributed by atoms with E-state index in [0.717, 1.165) is 23.5 Å². The molecule has 1 N–H and O–H groups in total. The maximum absolute atomic E-state index is 12.9. The number of aliphatic hydroxyl groups is 1. The van der Waals surface area contributed by atoms with Crippen LogP contribution in [0.3, 0.4) is 0 Å². The number of halogens is 1. The number of rotatable bonds is 12. The van der Waals surface area contributed by atoms with Crippen LogP contribution in [0, 0.1) is 0 Å². The van der Waals surface area contributed by atoms with Gasteiger partial charge in [0.2, 0.25) is 0 Å². The van der Waals surface area contributed by atoms with Crippen molar-refractivity contribution in [3.05, 3.63) is 78.7 Å². The summed E-state index contributed by atoms with van der Waals surface area (Å²) < 4.78 is 18.4. The summed E-state index contributed by atoms with van der Waals surface area (Å²) in [5.41, 5.74) is 3.72. The number of allylic oxidation sites excluding steroid dienone is 4. The topological polar surface area (TPSA) is 45.1 Å². The van der Waals surface area contributed by atoms with Crippen LogP contribution in [0.15, 0.2) is 78.2 Å². The van der Waals surface area contributed by atoms with E-state index in [0.29, 0.717) is 17.9 Å². The van der Waals surface area contributed by atoms with Gasteiger partial charge < -0.3 is 14.7 Å². The van der Waals surface area contributed by atoms with E-state index in [9.17, 15) is 4.39 Å². The molecule has 0 spiro atoms. The molecular weight excluding hydrogens is 355 g/mol. The van der Waals surface area contributed by atoms with Gasteiger partial charge >= 0.3 is 0 Å². The maximum atomic E-state index is 12.9. The zero-order valence-corrected chi connectivity index (χ0v) is 17.1. The van der Waals surface area contributed by atoms with E-state index >= 15 is 0 Å². The minimum Gasteiger partial charge on any atom is -0.485 e. The molecule has 0 saturated heterocycles. The van der Waals surface area contributed by atoms with Crippen molar-refractivity contribution >= 4 is 11.4 Å². The zero-order chi connectivity index (χ0) is 20.9. The molecule has 4 nitrogen and oxygen atoms in total. The van der Waals surface area contributed by atoms with Gasteiger partial charge in [-0.2, -0.15) is 0 Å². The van der Waals surface area contributed by atoms with Gasteiger partial charge in [-0.05, 0) is 37.6 Å². The van der Waals surface area contributed by atoms with Crippen molar-refractivity contribution in [1.29, 1.82) is 0 Å². The summed E-state index contributed by atoms with van der Waals surface area (Å²) in [5, 5.41) is 9.17. The third-order valence-electron chi connectivity index (χ3n) is 4.13. The van der Waals surface area contributed by atoms with Crippen LogP contribution >= 0.6 is 0 Å². The Morgan fingerprint density at radius 1 is 1.32 bits per heavy atom. The Morgan fingerprint density at radius 2 is 2.00 bits per heavy atom. The van der Waals surface area contributed by atoms with Crippen LogP contribution in [-0.2, 0) is 4.74 Å². The molecule has 0 aromatic heterocycles. The van der Waals surface area contributed by atoms with E-state index in [-0.39, 0.29) is 0 Å². The van der Waals surface area contributed by atoms with E-state index in [4.69, 9.17) is 14.8 Å². The Kier molecular flexibility index (Phi) is 10.6. The second-order valence-electron chi connectivity index (χ2n) is 6.27. The van der Waals surface area contributed by atoms with Gasteiger partial charge in [0.15, 0.2) is 0 Å². The normalized spacial score (nSPS) is 13.8. The number of benzene rings is 1. The zero-order valence-electron chi connectivity index (χ0n) is 17.1. The van der Waals surface area contributed by atoms with Crippen molar-refractivity contribution in [2.75, 3.05) is 31.8 Å². The molecule has 1 aromatic carbocycles. The molecule has 0 bridgehead atoms. The average Bonchev–Trinajstić information content (AvgIpc) is 2.71. The fourth-order valence-corrected chi connectivity index (χ4v) is 2.42. The predicted octanol–water partition coefficient (Wildman–Crippen LogP) is 4.83. The van der Waals surface area contributed by atoms with E-state index in [1.165, 1.54) is 0 Å². The van der Waals surface area contributed by atoms with Gasteiger partial charge in [0.1, 0.15) is 18.5 Å². The number of nitrogens with zero attached hydrogens (tertiary/aromatic N) is 2. The largest absolute Gasteiger partial charge is 0.485 e. The quantitative estimate of drug-likeness (QED) is 0.242. The first-order valence-corrected chi connectivity index (χ1v) is 9.33. The summed E-state index contributed by atoms with van der Waals surface area (Å²) in [4.78, 5) is 6.85. The molecule has 1 rings (SSSR count). The van der Waals surface area contributed by atoms with Crippen LogP contribution in [0.25, 0.3) is 0 Å². The highest BCUT2D eigenvalue weighted by Crippen LogP contribution is 2.17. The van der Waals surface area contributed by atoms with Crippen molar-refractivity contribution < 1.29 is 14.2 Å². The molecule has 0 aliphatic carbocycles. The summed E-state index contributed by atoms with van der Waals surface area (Å²) in [6.45, 7) is 11.2. The first-order valence-electron chi connectivity index (χ1n) is 9.33. The molecule has 0 aliphatic heterocycles. The number of alkyl halides is 1. The summed E-state index contributed by atoms with van der Waals surface area (Å²) in [6.07, 6.45) is 6.22. The molecule has 1 aromatic rings. The standard InChI is InChI=1S/C23H31FN2O2/c1-6-9-20(15-22(10-7-2)28-23(16-24)17-27)25-18(4)19-11-13-21(14-12-19)26(5)8-3/h6-7,10-15,23,27H,1-2,8-9,16-17H2,3-5H3/b20-15+,22-10+,25-18?. The first kappa shape index (κ1) is 23.4. The lowest BCUT2D eigenvalue weighted by atomic mass is 10.1. The first-order chi connectivity index (χ1) is 13.5. The number of hydrogen-bond donors (Lipinski definition) is 1. The molecule has 0 saturated carbocycles. The Balaban J connectivity index is 3.13. The van der Waals surface area contributed by atoms with Gasteiger partial charge in [-0.3, -0.25) is 4.99 Å². The van der Waals surface area contributed by atoms with Gasteiger partial charge in [-0.1, -0.05) is 30.9 Å². The molecule has 0 amide bonds. The van der Waals surface area contributed by atoms with Gasteiger partial charge in [-0.25, -0.2) is 4.39 Å². The van der Waals surface area contributed by atoms with Crippen molar-refractivity contribution in [3.8, 4) is 0 Å². The number of ether oxygens (including phenoxy) is 1. The van der Waals surface area contributed by atoms with Gasteiger partial charge in [0, 0.05) is 43.2 Å². The molecule has 28 heavy (non-hydrogen) atoms. The molecule has 152 valence electrons. The molecular formula is C23H31FN2O2. The van der Waals surface area contributed by atoms with Crippen LogP contribution in [0.2, 0.25) is 0 Å². The Morgan fingerprint density at radius 3 is 2.50 bits per heavy atom. The second kappa shape index (κ2) is 12.7. The Hall–Kier alpha value is -2.66. The minimum absolute atomic E-state index is 0.389. The fraction of sp³-hybridized carbons (Fsp3) is 0.348. The summed E-state index contributed by atoms with van der Waals surface area (Å²) in [5.74, 6) is 0.389. The van der Waals surface area contributed by atoms with Crippen LogP contribution in [0.4, 0.5) is 10.1 Å². The number of anilines is 1. The summed E-state index contributed by atoms with van der Waals surface area (Å²) >= 11 is 0. The van der Waals surface area contributed by atoms with Crippen LogP contribution in [0.1, 0.15) is 25.8 Å². The second-order valence-corrected chi connectivity index (χ2v) is 6.27. The molecule has 1 unspecified atom stereocenters. The Bertz CT molecular complexity index is 717. The fourth-order valence-electron chi connectivity index (χ4n) is 2.42. The lowest BCUT2D eigenvalue weighted by Crippen LogP contribution is -2.19. The molecule has 0 aliphatic rings. The smallest absolute Gasteiger partial charge is 0.150 e. The lowest BCUT2D eigenvalue weighted by molar-refractivity contribution is 0.0464. The number of aliphatic imine (C=N–C) groups is 1. The maximum Gasteiger partial charge on any atom is 0.150 e. The minimum atomic E-state index is -0.916.